The van der Waals surface area contributed by atoms with Gasteiger partial charge in [0.25, 0.3) is 0 Å². The minimum Gasteiger partial charge on any atom is -0.326 e. The first-order valence-electron chi connectivity index (χ1n) is 6.49. The fraction of sp³-hybridized carbons (Fsp3) is 0.400. The number of likely N-dealkylation sites (N-methyl/N-ethyl adjacent to an activating group) is 1. The maximum atomic E-state index is 6.20. The molecule has 0 saturated carbocycles. The number of thiophene rings is 1. The molecular formula is C15H21N3S. The molecule has 102 valence electrons. The van der Waals surface area contributed by atoms with Gasteiger partial charge in [0.05, 0.1) is 11.7 Å². The van der Waals surface area contributed by atoms with Crippen LogP contribution in [0.15, 0.2) is 35.8 Å². The van der Waals surface area contributed by atoms with E-state index in [0.29, 0.717) is 0 Å². The second-order valence-electron chi connectivity index (χ2n) is 5.01. The molecule has 2 N–H and O–H groups in total. The fourth-order valence-corrected chi connectivity index (χ4v) is 3.58. The van der Waals surface area contributed by atoms with Crippen LogP contribution < -0.4 is 5.73 Å². The molecule has 0 aliphatic carbocycles. The minimum atomic E-state index is 0.0889. The van der Waals surface area contributed by atoms with E-state index >= 15 is 0 Å². The van der Waals surface area contributed by atoms with Crippen molar-refractivity contribution >= 4 is 11.3 Å². The smallest absolute Gasteiger partial charge is 0.0594 e. The Balaban J connectivity index is 2.18. The molecule has 2 aromatic rings. The molecule has 0 radical (unpaired) electrons. The van der Waals surface area contributed by atoms with Crippen molar-refractivity contribution in [1.82, 2.24) is 9.88 Å². The predicted molar refractivity (Wildman–Crippen MR) is 81.2 cm³/mol. The van der Waals surface area contributed by atoms with Crippen LogP contribution in [-0.4, -0.2) is 23.0 Å². The zero-order valence-corrected chi connectivity index (χ0v) is 12.5. The van der Waals surface area contributed by atoms with E-state index in [9.17, 15) is 0 Å². The van der Waals surface area contributed by atoms with Crippen LogP contribution in [0.5, 0.6) is 0 Å². The summed E-state index contributed by atoms with van der Waals surface area (Å²) >= 11 is 1.78. The van der Waals surface area contributed by atoms with Crippen LogP contribution >= 0.6 is 11.3 Å². The van der Waals surface area contributed by atoms with E-state index in [0.717, 1.165) is 12.2 Å². The lowest BCUT2D eigenvalue weighted by Gasteiger charge is -2.30. The second-order valence-corrected chi connectivity index (χ2v) is 5.96. The van der Waals surface area contributed by atoms with E-state index < -0.39 is 0 Å². The van der Waals surface area contributed by atoms with Crippen LogP contribution in [0.2, 0.25) is 0 Å². The van der Waals surface area contributed by atoms with Gasteiger partial charge in [-0.05, 0) is 50.0 Å². The van der Waals surface area contributed by atoms with Gasteiger partial charge in [0.15, 0.2) is 0 Å². The van der Waals surface area contributed by atoms with Gasteiger partial charge in [-0.1, -0.05) is 6.07 Å². The molecule has 2 aromatic heterocycles. The van der Waals surface area contributed by atoms with Crippen molar-refractivity contribution in [1.29, 1.82) is 0 Å². The monoisotopic (exact) mass is 275 g/mol. The van der Waals surface area contributed by atoms with E-state index in [4.69, 9.17) is 5.73 Å². The third-order valence-electron chi connectivity index (χ3n) is 3.28. The molecule has 0 aliphatic heterocycles. The molecule has 19 heavy (non-hydrogen) atoms. The van der Waals surface area contributed by atoms with Crippen LogP contribution in [0.25, 0.3) is 0 Å². The number of aromatic nitrogens is 1. The number of aryl methyl sites for hydroxylation is 1. The lowest BCUT2D eigenvalue weighted by Crippen LogP contribution is -2.37. The molecule has 2 heterocycles. The number of hydrogen-bond donors (Lipinski definition) is 1. The SMILES string of the molecule is Cc1ccsc1C(C(C)N)N(C)Cc1ccccn1. The average Bonchev–Trinajstić information content (AvgIpc) is 2.77. The standard InChI is InChI=1S/C15H21N3S/c1-11-7-9-19-15(11)14(12(2)16)18(3)10-13-6-4-5-8-17-13/h4-9,12,14H,10,16H2,1-3H3. The number of nitrogens with two attached hydrogens (primary N) is 1. The van der Waals surface area contributed by atoms with Gasteiger partial charge in [0.2, 0.25) is 0 Å². The zero-order chi connectivity index (χ0) is 13.8. The molecule has 3 nitrogen and oxygen atoms in total. The van der Waals surface area contributed by atoms with Crippen LogP contribution in [0.4, 0.5) is 0 Å². The normalized spacial score (nSPS) is 14.6. The first-order chi connectivity index (χ1) is 9.09. The summed E-state index contributed by atoms with van der Waals surface area (Å²) in [5.41, 5.74) is 8.59. The van der Waals surface area contributed by atoms with Crippen molar-refractivity contribution in [2.75, 3.05) is 7.05 Å². The Morgan fingerprint density at radius 3 is 2.68 bits per heavy atom. The number of pyridine rings is 1. The first kappa shape index (κ1) is 14.2. The molecule has 0 aliphatic rings. The molecule has 0 aromatic carbocycles. The van der Waals surface area contributed by atoms with E-state index in [1.807, 2.05) is 18.3 Å². The van der Waals surface area contributed by atoms with Crippen molar-refractivity contribution < 1.29 is 0 Å². The molecule has 2 unspecified atom stereocenters. The minimum absolute atomic E-state index is 0.0889. The zero-order valence-electron chi connectivity index (χ0n) is 11.7. The van der Waals surface area contributed by atoms with Crippen LogP contribution in [0.1, 0.15) is 29.1 Å². The molecule has 0 bridgehead atoms. The van der Waals surface area contributed by atoms with Gasteiger partial charge in [-0.3, -0.25) is 9.88 Å². The molecule has 0 amide bonds. The highest BCUT2D eigenvalue weighted by Gasteiger charge is 2.24. The third kappa shape index (κ3) is 3.41. The second kappa shape index (κ2) is 6.28. The maximum absolute atomic E-state index is 6.20. The van der Waals surface area contributed by atoms with Crippen molar-refractivity contribution in [2.24, 2.45) is 5.73 Å². The topological polar surface area (TPSA) is 42.1 Å². The Morgan fingerprint density at radius 1 is 1.37 bits per heavy atom. The average molecular weight is 275 g/mol. The Bertz CT molecular complexity index is 507. The molecular weight excluding hydrogens is 254 g/mol. The van der Waals surface area contributed by atoms with E-state index in [1.165, 1.54) is 10.4 Å². The largest absolute Gasteiger partial charge is 0.326 e. The quantitative estimate of drug-likeness (QED) is 0.912. The van der Waals surface area contributed by atoms with Crippen molar-refractivity contribution in [3.63, 3.8) is 0 Å². The number of rotatable bonds is 5. The molecule has 2 rings (SSSR count). The van der Waals surface area contributed by atoms with Crippen molar-refractivity contribution in [3.8, 4) is 0 Å². The first-order valence-corrected chi connectivity index (χ1v) is 7.37. The van der Waals surface area contributed by atoms with E-state index in [-0.39, 0.29) is 12.1 Å². The summed E-state index contributed by atoms with van der Waals surface area (Å²) in [6.45, 7) is 5.03. The lowest BCUT2D eigenvalue weighted by atomic mass is 10.0. The highest BCUT2D eigenvalue weighted by atomic mass is 32.1. The Kier molecular flexibility index (Phi) is 4.69. The number of hydrogen-bond acceptors (Lipinski definition) is 4. The highest BCUT2D eigenvalue weighted by molar-refractivity contribution is 7.10. The Labute approximate surface area is 119 Å². The molecule has 2 atom stereocenters. The van der Waals surface area contributed by atoms with Gasteiger partial charge < -0.3 is 5.73 Å². The fourth-order valence-electron chi connectivity index (χ4n) is 2.37. The maximum Gasteiger partial charge on any atom is 0.0594 e. The summed E-state index contributed by atoms with van der Waals surface area (Å²) in [6.07, 6.45) is 1.83. The highest BCUT2D eigenvalue weighted by Crippen LogP contribution is 2.30. The Morgan fingerprint density at radius 2 is 2.16 bits per heavy atom. The van der Waals surface area contributed by atoms with E-state index in [2.05, 4.69) is 48.3 Å². The summed E-state index contributed by atoms with van der Waals surface area (Å²) < 4.78 is 0. The van der Waals surface area contributed by atoms with Gasteiger partial charge in [-0.2, -0.15) is 0 Å². The summed E-state index contributed by atoms with van der Waals surface area (Å²) in [7, 11) is 2.11. The summed E-state index contributed by atoms with van der Waals surface area (Å²) in [5.74, 6) is 0. The Hall–Kier alpha value is -1.23. The number of nitrogens with zero attached hydrogens (tertiary/aromatic N) is 2. The van der Waals surface area contributed by atoms with Gasteiger partial charge in [0, 0.05) is 23.7 Å². The van der Waals surface area contributed by atoms with Gasteiger partial charge in [0.1, 0.15) is 0 Å². The predicted octanol–water partition coefficient (Wildman–Crippen LogP) is 2.97. The van der Waals surface area contributed by atoms with Gasteiger partial charge >= 0.3 is 0 Å². The lowest BCUT2D eigenvalue weighted by molar-refractivity contribution is 0.211. The van der Waals surface area contributed by atoms with Crippen LogP contribution in [0, 0.1) is 6.92 Å². The van der Waals surface area contributed by atoms with Crippen molar-refractivity contribution in [3.05, 3.63) is 52.0 Å². The van der Waals surface area contributed by atoms with Gasteiger partial charge in [-0.25, -0.2) is 0 Å². The molecule has 0 saturated heterocycles. The summed E-state index contributed by atoms with van der Waals surface area (Å²) in [6, 6.07) is 8.50. The summed E-state index contributed by atoms with van der Waals surface area (Å²) in [5, 5.41) is 2.13. The van der Waals surface area contributed by atoms with Crippen molar-refractivity contribution in [2.45, 2.75) is 32.5 Å². The van der Waals surface area contributed by atoms with Crippen LogP contribution in [-0.2, 0) is 6.54 Å². The van der Waals surface area contributed by atoms with Crippen LogP contribution in [0.3, 0.4) is 0 Å². The third-order valence-corrected chi connectivity index (χ3v) is 4.37. The molecule has 0 spiro atoms. The molecule has 4 heteroatoms. The van der Waals surface area contributed by atoms with Gasteiger partial charge in [-0.15, -0.1) is 11.3 Å². The van der Waals surface area contributed by atoms with E-state index in [1.54, 1.807) is 11.3 Å². The molecule has 0 fully saturated rings. The summed E-state index contributed by atoms with van der Waals surface area (Å²) in [4.78, 5) is 8.02.